The number of hydrazine groups is 1. The molecule has 0 amide bonds. The Morgan fingerprint density at radius 3 is 2.15 bits per heavy atom. The summed E-state index contributed by atoms with van der Waals surface area (Å²) in [5.41, 5.74) is 2.92. The maximum atomic E-state index is 5.51. The zero-order valence-electron chi connectivity index (χ0n) is 9.64. The molecule has 0 aromatic rings. The van der Waals surface area contributed by atoms with Crippen LogP contribution >= 0.6 is 0 Å². The van der Waals surface area contributed by atoms with Crippen LogP contribution in [-0.2, 0) is 0 Å². The number of nitrogens with two attached hydrogens (primary N) is 1. The van der Waals surface area contributed by atoms with E-state index in [2.05, 4.69) is 33.1 Å². The highest BCUT2D eigenvalue weighted by Crippen LogP contribution is 2.15. The summed E-state index contributed by atoms with van der Waals surface area (Å²) >= 11 is 0. The molecule has 0 heterocycles. The zero-order chi connectivity index (χ0) is 10.3. The third kappa shape index (κ3) is 7.03. The third-order valence-corrected chi connectivity index (χ3v) is 2.71. The van der Waals surface area contributed by atoms with Crippen LogP contribution in [0.2, 0.25) is 0 Å². The molecule has 0 saturated heterocycles. The largest absolute Gasteiger partial charge is 0.271 e. The molecule has 2 unspecified atom stereocenters. The van der Waals surface area contributed by atoms with Crippen molar-refractivity contribution in [1.82, 2.24) is 5.43 Å². The van der Waals surface area contributed by atoms with Gasteiger partial charge in [0.25, 0.3) is 0 Å². The Morgan fingerprint density at radius 1 is 1.15 bits per heavy atom. The highest BCUT2D eigenvalue weighted by molar-refractivity contribution is 4.67. The number of hydrogen-bond acceptors (Lipinski definition) is 2. The summed E-state index contributed by atoms with van der Waals surface area (Å²) in [4.78, 5) is 0. The van der Waals surface area contributed by atoms with Crippen molar-refractivity contribution < 1.29 is 0 Å². The van der Waals surface area contributed by atoms with Crippen molar-refractivity contribution in [1.29, 1.82) is 0 Å². The highest BCUT2D eigenvalue weighted by Gasteiger charge is 2.10. The molecule has 13 heavy (non-hydrogen) atoms. The minimum Gasteiger partial charge on any atom is -0.271 e. The van der Waals surface area contributed by atoms with E-state index in [1.807, 2.05) is 0 Å². The zero-order valence-corrected chi connectivity index (χ0v) is 9.64. The molecule has 0 aromatic carbocycles. The van der Waals surface area contributed by atoms with E-state index in [0.717, 1.165) is 11.8 Å². The summed E-state index contributed by atoms with van der Waals surface area (Å²) in [5, 5.41) is 0. The Morgan fingerprint density at radius 2 is 1.77 bits per heavy atom. The maximum Gasteiger partial charge on any atom is 0.0213 e. The van der Waals surface area contributed by atoms with Crippen LogP contribution in [0.4, 0.5) is 0 Å². The Bertz CT molecular complexity index is 113. The lowest BCUT2D eigenvalue weighted by Gasteiger charge is -2.20. The molecule has 0 rings (SSSR count). The van der Waals surface area contributed by atoms with Crippen LogP contribution < -0.4 is 11.3 Å². The fourth-order valence-electron chi connectivity index (χ4n) is 1.46. The molecule has 0 aliphatic rings. The van der Waals surface area contributed by atoms with Crippen molar-refractivity contribution in [3.63, 3.8) is 0 Å². The fraction of sp³-hybridized carbons (Fsp3) is 1.00. The fourth-order valence-corrected chi connectivity index (χ4v) is 1.46. The predicted octanol–water partition coefficient (Wildman–Crippen LogP) is 2.69. The molecule has 0 saturated carbocycles. The van der Waals surface area contributed by atoms with Crippen molar-refractivity contribution in [3.8, 4) is 0 Å². The first kappa shape index (κ1) is 12.9. The Balaban J connectivity index is 3.62. The lowest BCUT2D eigenvalue weighted by atomic mass is 9.94. The first-order valence-corrected chi connectivity index (χ1v) is 5.56. The minimum atomic E-state index is 0.511. The van der Waals surface area contributed by atoms with E-state index in [1.165, 1.54) is 25.7 Å². The van der Waals surface area contributed by atoms with Gasteiger partial charge < -0.3 is 0 Å². The molecule has 80 valence electrons. The molecule has 0 spiro atoms. The van der Waals surface area contributed by atoms with E-state index in [9.17, 15) is 0 Å². The van der Waals surface area contributed by atoms with E-state index in [4.69, 9.17) is 5.84 Å². The Labute approximate surface area is 83.2 Å². The van der Waals surface area contributed by atoms with Crippen LogP contribution in [0.3, 0.4) is 0 Å². The molecular formula is C11H26N2. The van der Waals surface area contributed by atoms with Crippen molar-refractivity contribution in [2.75, 3.05) is 0 Å². The molecule has 0 aromatic heterocycles. The van der Waals surface area contributed by atoms with Crippen molar-refractivity contribution in [2.45, 2.75) is 59.4 Å². The van der Waals surface area contributed by atoms with Gasteiger partial charge in [-0.15, -0.1) is 0 Å². The van der Waals surface area contributed by atoms with Crippen LogP contribution in [0.15, 0.2) is 0 Å². The molecule has 0 fully saturated rings. The van der Waals surface area contributed by atoms with Crippen molar-refractivity contribution in [3.05, 3.63) is 0 Å². The second kappa shape index (κ2) is 7.34. The van der Waals surface area contributed by atoms with Crippen molar-refractivity contribution in [2.24, 2.45) is 17.7 Å². The van der Waals surface area contributed by atoms with Gasteiger partial charge in [0.2, 0.25) is 0 Å². The normalized spacial score (nSPS) is 16.2. The van der Waals surface area contributed by atoms with Gasteiger partial charge in [0, 0.05) is 6.04 Å². The first-order chi connectivity index (χ1) is 6.10. The summed E-state index contributed by atoms with van der Waals surface area (Å²) < 4.78 is 0. The van der Waals surface area contributed by atoms with E-state index >= 15 is 0 Å². The standard InChI is InChI=1S/C11H26N2/c1-5-10(4)8-11(13-12)7-6-9(2)3/h9-11,13H,5-8,12H2,1-4H3. The van der Waals surface area contributed by atoms with Gasteiger partial charge in [-0.2, -0.15) is 0 Å². The van der Waals surface area contributed by atoms with Gasteiger partial charge in [-0.05, 0) is 31.1 Å². The van der Waals surface area contributed by atoms with Gasteiger partial charge in [0.15, 0.2) is 0 Å². The number of nitrogens with one attached hydrogen (secondary N) is 1. The molecular weight excluding hydrogens is 160 g/mol. The molecule has 2 atom stereocenters. The summed E-state index contributed by atoms with van der Waals surface area (Å²) in [6, 6.07) is 0.511. The molecule has 2 nitrogen and oxygen atoms in total. The second-order valence-electron chi connectivity index (χ2n) is 4.58. The van der Waals surface area contributed by atoms with Crippen LogP contribution in [0, 0.1) is 11.8 Å². The minimum absolute atomic E-state index is 0.511. The monoisotopic (exact) mass is 186 g/mol. The van der Waals surface area contributed by atoms with Gasteiger partial charge in [-0.3, -0.25) is 11.3 Å². The predicted molar refractivity (Wildman–Crippen MR) is 59.3 cm³/mol. The SMILES string of the molecule is CCC(C)CC(CCC(C)C)NN. The van der Waals surface area contributed by atoms with E-state index in [-0.39, 0.29) is 0 Å². The molecule has 0 aliphatic heterocycles. The third-order valence-electron chi connectivity index (χ3n) is 2.71. The quantitative estimate of drug-likeness (QED) is 0.474. The van der Waals surface area contributed by atoms with Gasteiger partial charge in [-0.1, -0.05) is 34.1 Å². The molecule has 3 N–H and O–H groups in total. The second-order valence-corrected chi connectivity index (χ2v) is 4.58. The Hall–Kier alpha value is -0.0800. The van der Waals surface area contributed by atoms with E-state index in [0.29, 0.717) is 6.04 Å². The number of rotatable bonds is 7. The summed E-state index contributed by atoms with van der Waals surface area (Å²) in [6.45, 7) is 9.05. The van der Waals surface area contributed by atoms with Crippen LogP contribution in [-0.4, -0.2) is 6.04 Å². The van der Waals surface area contributed by atoms with Crippen LogP contribution in [0.5, 0.6) is 0 Å². The summed E-state index contributed by atoms with van der Waals surface area (Å²) in [6.07, 6.45) is 4.93. The lowest BCUT2D eigenvalue weighted by Crippen LogP contribution is -2.36. The molecule has 0 bridgehead atoms. The van der Waals surface area contributed by atoms with Gasteiger partial charge >= 0.3 is 0 Å². The average molecular weight is 186 g/mol. The average Bonchev–Trinajstić information content (AvgIpc) is 2.11. The first-order valence-electron chi connectivity index (χ1n) is 5.56. The lowest BCUT2D eigenvalue weighted by molar-refractivity contribution is 0.359. The number of hydrogen-bond donors (Lipinski definition) is 2. The van der Waals surface area contributed by atoms with E-state index < -0.39 is 0 Å². The van der Waals surface area contributed by atoms with E-state index in [1.54, 1.807) is 0 Å². The van der Waals surface area contributed by atoms with Crippen molar-refractivity contribution >= 4 is 0 Å². The van der Waals surface area contributed by atoms with Crippen LogP contribution in [0.25, 0.3) is 0 Å². The van der Waals surface area contributed by atoms with Crippen LogP contribution in [0.1, 0.15) is 53.4 Å². The van der Waals surface area contributed by atoms with Gasteiger partial charge in [0.05, 0.1) is 0 Å². The maximum absolute atomic E-state index is 5.51. The highest BCUT2D eigenvalue weighted by atomic mass is 15.2. The summed E-state index contributed by atoms with van der Waals surface area (Å²) in [7, 11) is 0. The van der Waals surface area contributed by atoms with Gasteiger partial charge in [0.1, 0.15) is 0 Å². The smallest absolute Gasteiger partial charge is 0.0213 e. The molecule has 0 aliphatic carbocycles. The Kier molecular flexibility index (Phi) is 7.29. The van der Waals surface area contributed by atoms with Gasteiger partial charge in [-0.25, -0.2) is 0 Å². The topological polar surface area (TPSA) is 38.0 Å². The summed E-state index contributed by atoms with van der Waals surface area (Å²) in [5.74, 6) is 7.08. The molecule has 2 heteroatoms. The molecule has 0 radical (unpaired) electrons.